The summed E-state index contributed by atoms with van der Waals surface area (Å²) in [5.74, 6) is 0. The van der Waals surface area contributed by atoms with Gasteiger partial charge in [-0.15, -0.1) is 0 Å². The van der Waals surface area contributed by atoms with E-state index in [9.17, 15) is 0 Å². The number of aromatic nitrogens is 1. The molecule has 6 aromatic carbocycles. The van der Waals surface area contributed by atoms with E-state index in [0.717, 1.165) is 38.4 Å². The van der Waals surface area contributed by atoms with Crippen LogP contribution in [0.15, 0.2) is 150 Å². The van der Waals surface area contributed by atoms with Crippen molar-refractivity contribution in [2.45, 2.75) is 19.4 Å². The average Bonchev–Trinajstić information content (AvgIpc) is 3.61. The van der Waals surface area contributed by atoms with Crippen molar-refractivity contribution in [3.63, 3.8) is 0 Å². The summed E-state index contributed by atoms with van der Waals surface area (Å²) in [7, 11) is 0. The molecule has 1 atom stereocenters. The molecule has 44 heavy (non-hydrogen) atoms. The Bertz CT molecular complexity index is 2220. The highest BCUT2D eigenvalue weighted by atomic mass is 16.3. The molecule has 1 unspecified atom stereocenters. The molecule has 0 bridgehead atoms. The SMILES string of the molecule is c1ccc(CNC(NNCc2cccc(-c3ccccc3)c2)n2c3ccccc3c3cc4oc5ccccc5c4cc32)cc1. The van der Waals surface area contributed by atoms with E-state index in [1.54, 1.807) is 0 Å². The minimum Gasteiger partial charge on any atom is -0.456 e. The standard InChI is InChI=1S/C39H32N4O/c1-3-12-27(13-4-1)25-40-39(42-41-26-28-14-11-17-30(22-28)29-15-5-2-6-16-29)43-35-20-9-7-18-31(35)33-24-38-34(23-36(33)43)32-19-8-10-21-37(32)44-38/h1-24,39-42H,25-26H2. The predicted molar refractivity (Wildman–Crippen MR) is 181 cm³/mol. The fourth-order valence-corrected chi connectivity index (χ4v) is 6.25. The Labute approximate surface area is 255 Å². The number of nitrogens with zero attached hydrogens (tertiary/aromatic N) is 1. The third-order valence-electron chi connectivity index (χ3n) is 8.37. The van der Waals surface area contributed by atoms with Crippen molar-refractivity contribution in [3.05, 3.63) is 157 Å². The van der Waals surface area contributed by atoms with Crippen LogP contribution in [0.3, 0.4) is 0 Å². The molecule has 2 heterocycles. The van der Waals surface area contributed by atoms with E-state index in [1.807, 2.05) is 12.1 Å². The zero-order valence-corrected chi connectivity index (χ0v) is 24.2. The summed E-state index contributed by atoms with van der Waals surface area (Å²) in [5.41, 5.74) is 16.1. The molecule has 0 aliphatic rings. The number of para-hydroxylation sites is 2. The Morgan fingerprint density at radius 1 is 0.500 bits per heavy atom. The molecular formula is C39H32N4O. The van der Waals surface area contributed by atoms with Crippen LogP contribution in [0, 0.1) is 0 Å². The number of hydrazine groups is 1. The maximum Gasteiger partial charge on any atom is 0.152 e. The van der Waals surface area contributed by atoms with Gasteiger partial charge in [0.2, 0.25) is 0 Å². The maximum atomic E-state index is 6.29. The normalized spacial score (nSPS) is 12.5. The molecule has 2 aromatic heterocycles. The minimum atomic E-state index is -0.245. The molecule has 8 aromatic rings. The quantitative estimate of drug-likeness (QED) is 0.119. The van der Waals surface area contributed by atoms with Crippen LogP contribution in [0.4, 0.5) is 0 Å². The average molecular weight is 573 g/mol. The molecule has 0 saturated heterocycles. The Kier molecular flexibility index (Phi) is 6.89. The first-order chi connectivity index (χ1) is 21.8. The molecular weight excluding hydrogens is 540 g/mol. The molecule has 3 N–H and O–H groups in total. The van der Waals surface area contributed by atoms with Gasteiger partial charge in [0, 0.05) is 34.6 Å². The van der Waals surface area contributed by atoms with E-state index in [1.165, 1.54) is 27.6 Å². The molecule has 0 aliphatic heterocycles. The van der Waals surface area contributed by atoms with Gasteiger partial charge in [-0.1, -0.05) is 115 Å². The number of hydrogen-bond acceptors (Lipinski definition) is 4. The van der Waals surface area contributed by atoms with E-state index in [-0.39, 0.29) is 6.29 Å². The number of hydrogen-bond donors (Lipinski definition) is 3. The zero-order chi connectivity index (χ0) is 29.3. The van der Waals surface area contributed by atoms with Crippen LogP contribution in [-0.4, -0.2) is 4.57 Å². The Morgan fingerprint density at radius 2 is 1.20 bits per heavy atom. The monoisotopic (exact) mass is 572 g/mol. The van der Waals surface area contributed by atoms with Crippen molar-refractivity contribution >= 4 is 43.7 Å². The molecule has 5 nitrogen and oxygen atoms in total. The van der Waals surface area contributed by atoms with Crippen molar-refractivity contribution in [1.29, 1.82) is 0 Å². The lowest BCUT2D eigenvalue weighted by Gasteiger charge is -2.25. The van der Waals surface area contributed by atoms with Crippen molar-refractivity contribution in [2.24, 2.45) is 0 Å². The Hall–Kier alpha value is -5.20. The first kappa shape index (κ1) is 26.4. The van der Waals surface area contributed by atoms with Crippen LogP contribution < -0.4 is 16.2 Å². The van der Waals surface area contributed by atoms with Crippen molar-refractivity contribution in [2.75, 3.05) is 0 Å². The Morgan fingerprint density at radius 3 is 2.07 bits per heavy atom. The van der Waals surface area contributed by atoms with Gasteiger partial charge in [0.1, 0.15) is 11.2 Å². The molecule has 214 valence electrons. The lowest BCUT2D eigenvalue weighted by Crippen LogP contribution is -2.45. The van der Waals surface area contributed by atoms with Gasteiger partial charge in [-0.05, 0) is 52.6 Å². The van der Waals surface area contributed by atoms with Gasteiger partial charge in [-0.2, -0.15) is 0 Å². The van der Waals surface area contributed by atoms with E-state index in [4.69, 9.17) is 4.42 Å². The second-order valence-corrected chi connectivity index (χ2v) is 11.2. The highest BCUT2D eigenvalue weighted by molar-refractivity contribution is 6.16. The third kappa shape index (κ3) is 4.93. The maximum absolute atomic E-state index is 6.29. The fraction of sp³-hybridized carbons (Fsp3) is 0.0769. The van der Waals surface area contributed by atoms with Crippen LogP contribution in [-0.2, 0) is 13.1 Å². The van der Waals surface area contributed by atoms with Gasteiger partial charge in [0.05, 0.1) is 11.0 Å². The summed E-state index contributed by atoms with van der Waals surface area (Å²) in [6, 6.07) is 51.1. The molecule has 5 heteroatoms. The summed E-state index contributed by atoms with van der Waals surface area (Å²) < 4.78 is 8.65. The van der Waals surface area contributed by atoms with Gasteiger partial charge in [-0.3, -0.25) is 10.7 Å². The topological polar surface area (TPSA) is 54.2 Å². The van der Waals surface area contributed by atoms with Gasteiger partial charge in [-0.25, -0.2) is 5.43 Å². The van der Waals surface area contributed by atoms with Gasteiger partial charge < -0.3 is 8.98 Å². The Balaban J connectivity index is 1.18. The second kappa shape index (κ2) is 11.5. The largest absolute Gasteiger partial charge is 0.456 e. The van der Waals surface area contributed by atoms with Crippen molar-refractivity contribution < 1.29 is 4.42 Å². The van der Waals surface area contributed by atoms with E-state index in [2.05, 4.69) is 154 Å². The van der Waals surface area contributed by atoms with Crippen LogP contribution in [0.2, 0.25) is 0 Å². The summed E-state index contributed by atoms with van der Waals surface area (Å²) in [6.07, 6.45) is -0.245. The van der Waals surface area contributed by atoms with Crippen LogP contribution >= 0.6 is 0 Å². The van der Waals surface area contributed by atoms with E-state index < -0.39 is 0 Å². The number of furan rings is 1. The number of nitrogens with one attached hydrogen (secondary N) is 3. The third-order valence-corrected chi connectivity index (χ3v) is 8.37. The van der Waals surface area contributed by atoms with Gasteiger partial charge >= 0.3 is 0 Å². The minimum absolute atomic E-state index is 0.245. The zero-order valence-electron chi connectivity index (χ0n) is 24.2. The van der Waals surface area contributed by atoms with Crippen molar-refractivity contribution in [3.8, 4) is 11.1 Å². The van der Waals surface area contributed by atoms with Crippen LogP contribution in [0.5, 0.6) is 0 Å². The lowest BCUT2D eigenvalue weighted by atomic mass is 10.0. The van der Waals surface area contributed by atoms with Gasteiger partial charge in [0.25, 0.3) is 0 Å². The fourth-order valence-electron chi connectivity index (χ4n) is 6.25. The van der Waals surface area contributed by atoms with Gasteiger partial charge in [0.15, 0.2) is 6.29 Å². The molecule has 0 amide bonds. The van der Waals surface area contributed by atoms with E-state index >= 15 is 0 Å². The molecule has 0 radical (unpaired) electrons. The molecule has 8 rings (SSSR count). The van der Waals surface area contributed by atoms with E-state index in [0.29, 0.717) is 13.1 Å². The summed E-state index contributed by atoms with van der Waals surface area (Å²) in [4.78, 5) is 0. The molecule has 0 spiro atoms. The highest BCUT2D eigenvalue weighted by Crippen LogP contribution is 2.37. The number of fused-ring (bicyclic) bond motifs is 6. The first-order valence-corrected chi connectivity index (χ1v) is 15.1. The molecule has 0 aliphatic carbocycles. The first-order valence-electron chi connectivity index (χ1n) is 15.1. The number of rotatable bonds is 9. The second-order valence-electron chi connectivity index (χ2n) is 11.2. The van der Waals surface area contributed by atoms with Crippen LogP contribution in [0.1, 0.15) is 17.4 Å². The lowest BCUT2D eigenvalue weighted by molar-refractivity contribution is 0.296. The summed E-state index contributed by atoms with van der Waals surface area (Å²) >= 11 is 0. The molecule has 0 saturated carbocycles. The summed E-state index contributed by atoms with van der Waals surface area (Å²) in [6.45, 7) is 1.37. The van der Waals surface area contributed by atoms with Crippen LogP contribution in [0.25, 0.3) is 54.9 Å². The smallest absolute Gasteiger partial charge is 0.152 e. The summed E-state index contributed by atoms with van der Waals surface area (Å²) in [5, 5.41) is 8.38. The molecule has 0 fully saturated rings. The number of benzene rings is 6. The highest BCUT2D eigenvalue weighted by Gasteiger charge is 2.20. The predicted octanol–water partition coefficient (Wildman–Crippen LogP) is 8.90. The van der Waals surface area contributed by atoms with Crippen molar-refractivity contribution in [1.82, 2.24) is 20.7 Å².